The van der Waals surface area contributed by atoms with Crippen LogP contribution in [0.1, 0.15) is 52.4 Å². The second kappa shape index (κ2) is 5.50. The molecule has 0 bridgehead atoms. The molecule has 0 aromatic carbocycles. The topological polar surface area (TPSA) is 23.5 Å². The molecule has 4 unspecified atom stereocenters. The lowest BCUT2D eigenvalue weighted by Gasteiger charge is -2.43. The Hall–Kier alpha value is -0.0800. The van der Waals surface area contributed by atoms with Gasteiger partial charge < -0.3 is 5.11 Å². The number of piperidine rings is 1. The number of rotatable bonds is 2. The van der Waals surface area contributed by atoms with Crippen LogP contribution in [0.3, 0.4) is 0 Å². The third-order valence-corrected chi connectivity index (χ3v) is 4.64. The van der Waals surface area contributed by atoms with Gasteiger partial charge in [0, 0.05) is 12.6 Å². The second-order valence-electron chi connectivity index (χ2n) is 5.96. The molecular weight excluding hydrogens is 198 g/mol. The van der Waals surface area contributed by atoms with Gasteiger partial charge in [-0.1, -0.05) is 20.3 Å². The van der Waals surface area contributed by atoms with Gasteiger partial charge in [-0.05, 0) is 50.5 Å². The molecule has 1 aliphatic heterocycles. The predicted octanol–water partition coefficient (Wildman–Crippen LogP) is 2.66. The van der Waals surface area contributed by atoms with Gasteiger partial charge in [0.1, 0.15) is 0 Å². The standard InChI is InChI=1S/C14H27NO/c1-3-12-5-4-8-15(10-12)13-9-11(2)6-7-14(13)16/h11-14,16H,3-10H2,1-2H3. The van der Waals surface area contributed by atoms with Crippen molar-refractivity contribution in [3.8, 4) is 0 Å². The molecule has 2 heteroatoms. The Labute approximate surface area is 100 Å². The van der Waals surface area contributed by atoms with Crippen molar-refractivity contribution in [1.29, 1.82) is 0 Å². The first kappa shape index (κ1) is 12.4. The third-order valence-electron chi connectivity index (χ3n) is 4.64. The van der Waals surface area contributed by atoms with E-state index in [0.29, 0.717) is 6.04 Å². The smallest absolute Gasteiger partial charge is 0.0695 e. The Morgan fingerprint density at radius 1 is 1.25 bits per heavy atom. The molecule has 1 saturated heterocycles. The van der Waals surface area contributed by atoms with Crippen molar-refractivity contribution in [3.05, 3.63) is 0 Å². The van der Waals surface area contributed by atoms with Gasteiger partial charge in [-0.2, -0.15) is 0 Å². The van der Waals surface area contributed by atoms with E-state index < -0.39 is 0 Å². The van der Waals surface area contributed by atoms with Crippen molar-refractivity contribution in [1.82, 2.24) is 4.90 Å². The minimum Gasteiger partial charge on any atom is -0.391 e. The number of hydrogen-bond donors (Lipinski definition) is 1. The van der Waals surface area contributed by atoms with Gasteiger partial charge in [-0.3, -0.25) is 4.90 Å². The molecule has 1 heterocycles. The minimum atomic E-state index is -0.0631. The van der Waals surface area contributed by atoms with E-state index >= 15 is 0 Å². The van der Waals surface area contributed by atoms with Crippen LogP contribution in [0.15, 0.2) is 0 Å². The highest BCUT2D eigenvalue weighted by Crippen LogP contribution is 2.31. The molecule has 4 atom stereocenters. The van der Waals surface area contributed by atoms with Crippen LogP contribution in [0, 0.1) is 11.8 Å². The summed E-state index contributed by atoms with van der Waals surface area (Å²) in [6.07, 6.45) is 7.39. The number of aliphatic hydroxyl groups is 1. The van der Waals surface area contributed by atoms with Crippen LogP contribution in [-0.4, -0.2) is 35.2 Å². The Kier molecular flexibility index (Phi) is 4.26. The summed E-state index contributed by atoms with van der Waals surface area (Å²) >= 11 is 0. The molecule has 1 aliphatic carbocycles. The summed E-state index contributed by atoms with van der Waals surface area (Å²) in [7, 11) is 0. The van der Waals surface area contributed by atoms with Crippen molar-refractivity contribution in [2.45, 2.75) is 64.5 Å². The summed E-state index contributed by atoms with van der Waals surface area (Å²) < 4.78 is 0. The molecule has 0 spiro atoms. The Morgan fingerprint density at radius 3 is 2.81 bits per heavy atom. The number of likely N-dealkylation sites (tertiary alicyclic amines) is 1. The fourth-order valence-electron chi connectivity index (χ4n) is 3.46. The lowest BCUT2D eigenvalue weighted by molar-refractivity contribution is -0.0123. The molecule has 16 heavy (non-hydrogen) atoms. The molecule has 2 fully saturated rings. The van der Waals surface area contributed by atoms with Crippen LogP contribution in [0.25, 0.3) is 0 Å². The SMILES string of the molecule is CCC1CCCN(C2CC(C)CCC2O)C1. The van der Waals surface area contributed by atoms with E-state index in [1.54, 1.807) is 0 Å². The first-order chi connectivity index (χ1) is 7.70. The lowest BCUT2D eigenvalue weighted by Crippen LogP contribution is -2.50. The van der Waals surface area contributed by atoms with Crippen molar-refractivity contribution < 1.29 is 5.11 Å². The fourth-order valence-corrected chi connectivity index (χ4v) is 3.46. The van der Waals surface area contributed by atoms with Crippen molar-refractivity contribution >= 4 is 0 Å². The number of aliphatic hydroxyl groups excluding tert-OH is 1. The van der Waals surface area contributed by atoms with Crippen LogP contribution in [0.2, 0.25) is 0 Å². The summed E-state index contributed by atoms with van der Waals surface area (Å²) in [5.41, 5.74) is 0. The van der Waals surface area contributed by atoms with E-state index in [1.807, 2.05) is 0 Å². The maximum atomic E-state index is 10.2. The van der Waals surface area contributed by atoms with E-state index in [9.17, 15) is 5.11 Å². The normalized spacial score (nSPS) is 42.2. The molecule has 0 aromatic rings. The number of nitrogens with zero attached hydrogens (tertiary/aromatic N) is 1. The van der Waals surface area contributed by atoms with Crippen LogP contribution in [0.4, 0.5) is 0 Å². The Bertz CT molecular complexity index is 219. The second-order valence-corrected chi connectivity index (χ2v) is 5.96. The zero-order chi connectivity index (χ0) is 11.5. The van der Waals surface area contributed by atoms with Gasteiger partial charge in [0.25, 0.3) is 0 Å². The van der Waals surface area contributed by atoms with Crippen LogP contribution in [0.5, 0.6) is 0 Å². The molecule has 1 N–H and O–H groups in total. The maximum Gasteiger partial charge on any atom is 0.0695 e. The molecule has 0 radical (unpaired) electrons. The zero-order valence-electron chi connectivity index (χ0n) is 10.9. The first-order valence-corrected chi connectivity index (χ1v) is 7.12. The molecule has 0 amide bonds. The lowest BCUT2D eigenvalue weighted by atomic mass is 9.82. The highest BCUT2D eigenvalue weighted by Gasteiger charge is 2.33. The zero-order valence-corrected chi connectivity index (χ0v) is 10.9. The van der Waals surface area contributed by atoms with E-state index in [4.69, 9.17) is 0 Å². The highest BCUT2D eigenvalue weighted by molar-refractivity contribution is 4.88. The Morgan fingerprint density at radius 2 is 2.06 bits per heavy atom. The number of hydrogen-bond acceptors (Lipinski definition) is 2. The largest absolute Gasteiger partial charge is 0.391 e. The summed E-state index contributed by atoms with van der Waals surface area (Å²) in [4.78, 5) is 2.58. The van der Waals surface area contributed by atoms with Crippen molar-refractivity contribution in [2.75, 3.05) is 13.1 Å². The van der Waals surface area contributed by atoms with Crippen molar-refractivity contribution in [2.24, 2.45) is 11.8 Å². The average Bonchev–Trinajstić information content (AvgIpc) is 2.32. The fraction of sp³-hybridized carbons (Fsp3) is 1.00. The first-order valence-electron chi connectivity index (χ1n) is 7.12. The average molecular weight is 225 g/mol. The quantitative estimate of drug-likeness (QED) is 0.781. The minimum absolute atomic E-state index is 0.0631. The Balaban J connectivity index is 1.94. The van der Waals surface area contributed by atoms with Gasteiger partial charge in [0.05, 0.1) is 6.10 Å². The monoisotopic (exact) mass is 225 g/mol. The molecule has 2 rings (SSSR count). The van der Waals surface area contributed by atoms with Crippen molar-refractivity contribution in [3.63, 3.8) is 0 Å². The van der Waals surface area contributed by atoms with E-state index in [2.05, 4.69) is 18.7 Å². The molecular formula is C14H27NO. The molecule has 1 saturated carbocycles. The van der Waals surface area contributed by atoms with Crippen LogP contribution < -0.4 is 0 Å². The van der Waals surface area contributed by atoms with E-state index in [1.165, 1.54) is 45.2 Å². The molecule has 0 aromatic heterocycles. The summed E-state index contributed by atoms with van der Waals surface area (Å²) in [6.45, 7) is 7.07. The van der Waals surface area contributed by atoms with Crippen LogP contribution in [-0.2, 0) is 0 Å². The summed E-state index contributed by atoms with van der Waals surface area (Å²) in [6, 6.07) is 0.457. The van der Waals surface area contributed by atoms with Gasteiger partial charge in [-0.25, -0.2) is 0 Å². The molecule has 2 aliphatic rings. The summed E-state index contributed by atoms with van der Waals surface area (Å²) in [5, 5.41) is 10.2. The van der Waals surface area contributed by atoms with Gasteiger partial charge >= 0.3 is 0 Å². The van der Waals surface area contributed by atoms with E-state index in [-0.39, 0.29) is 6.10 Å². The summed E-state index contributed by atoms with van der Waals surface area (Å²) in [5.74, 6) is 1.67. The van der Waals surface area contributed by atoms with E-state index in [0.717, 1.165) is 18.3 Å². The highest BCUT2D eigenvalue weighted by atomic mass is 16.3. The van der Waals surface area contributed by atoms with Gasteiger partial charge in [0.2, 0.25) is 0 Å². The van der Waals surface area contributed by atoms with Gasteiger partial charge in [0.15, 0.2) is 0 Å². The maximum absolute atomic E-state index is 10.2. The predicted molar refractivity (Wildman–Crippen MR) is 67.4 cm³/mol. The molecule has 94 valence electrons. The van der Waals surface area contributed by atoms with Crippen LogP contribution >= 0.6 is 0 Å². The molecule has 2 nitrogen and oxygen atoms in total. The van der Waals surface area contributed by atoms with Gasteiger partial charge in [-0.15, -0.1) is 0 Å². The third kappa shape index (κ3) is 2.78.